The lowest BCUT2D eigenvalue weighted by Crippen LogP contribution is -2.07. The van der Waals surface area contributed by atoms with Crippen LogP contribution in [-0.4, -0.2) is 13.1 Å². The number of hydrogen-bond donors (Lipinski definition) is 0. The minimum absolute atomic E-state index is 0.266. The lowest BCUT2D eigenvalue weighted by atomic mass is 9.95. The molecular weight excluding hydrogens is 212 g/mol. The third-order valence-electron chi connectivity index (χ3n) is 2.86. The van der Waals surface area contributed by atoms with Gasteiger partial charge >= 0.3 is 5.97 Å². The zero-order valence-corrected chi connectivity index (χ0v) is 11.3. The predicted octanol–water partition coefficient (Wildman–Crippen LogP) is 3.52. The average molecular weight is 232 g/mol. The van der Waals surface area contributed by atoms with Gasteiger partial charge in [-0.05, 0) is 43.9 Å². The van der Waals surface area contributed by atoms with Crippen molar-refractivity contribution in [2.75, 3.05) is 7.11 Å². The molecule has 0 unspecified atom stereocenters. The van der Waals surface area contributed by atoms with Crippen molar-refractivity contribution in [1.29, 1.82) is 0 Å². The molecule has 0 bridgehead atoms. The van der Waals surface area contributed by atoms with Gasteiger partial charge < -0.3 is 4.74 Å². The summed E-state index contributed by atoms with van der Waals surface area (Å²) in [5, 5.41) is 0. The van der Waals surface area contributed by atoms with Crippen LogP contribution in [0, 0.1) is 6.92 Å². The van der Waals surface area contributed by atoms with Crippen LogP contribution in [0.4, 0.5) is 0 Å². The SMILES string of the molecule is CCc1ccc(C(C(=O)OC)=C(C)C)c(C)c1. The highest BCUT2D eigenvalue weighted by atomic mass is 16.5. The van der Waals surface area contributed by atoms with Crippen LogP contribution in [0.5, 0.6) is 0 Å². The molecule has 1 aromatic rings. The summed E-state index contributed by atoms with van der Waals surface area (Å²) in [7, 11) is 1.42. The molecule has 2 heteroatoms. The molecule has 0 aliphatic heterocycles. The van der Waals surface area contributed by atoms with Crippen LogP contribution in [0.1, 0.15) is 37.5 Å². The van der Waals surface area contributed by atoms with Crippen molar-refractivity contribution in [3.63, 3.8) is 0 Å². The first-order valence-corrected chi connectivity index (χ1v) is 5.87. The molecule has 0 saturated heterocycles. The number of hydrogen-bond acceptors (Lipinski definition) is 2. The van der Waals surface area contributed by atoms with Gasteiger partial charge in [-0.2, -0.15) is 0 Å². The van der Waals surface area contributed by atoms with Gasteiger partial charge in [-0.1, -0.05) is 30.7 Å². The summed E-state index contributed by atoms with van der Waals surface area (Å²) in [6, 6.07) is 6.20. The van der Waals surface area contributed by atoms with Crippen molar-refractivity contribution in [2.45, 2.75) is 34.1 Å². The second kappa shape index (κ2) is 5.67. The van der Waals surface area contributed by atoms with E-state index in [0.29, 0.717) is 5.57 Å². The van der Waals surface area contributed by atoms with Crippen LogP contribution >= 0.6 is 0 Å². The van der Waals surface area contributed by atoms with Crippen LogP contribution in [0.15, 0.2) is 23.8 Å². The topological polar surface area (TPSA) is 26.3 Å². The Kier molecular flexibility index (Phi) is 4.50. The Morgan fingerprint density at radius 2 is 1.94 bits per heavy atom. The number of allylic oxidation sites excluding steroid dienone is 1. The number of methoxy groups -OCH3 is 1. The highest BCUT2D eigenvalue weighted by Crippen LogP contribution is 2.24. The van der Waals surface area contributed by atoms with E-state index in [9.17, 15) is 4.79 Å². The van der Waals surface area contributed by atoms with E-state index in [4.69, 9.17) is 4.74 Å². The molecule has 0 saturated carbocycles. The zero-order chi connectivity index (χ0) is 13.0. The maximum Gasteiger partial charge on any atom is 0.338 e. The van der Waals surface area contributed by atoms with Crippen LogP contribution < -0.4 is 0 Å². The lowest BCUT2D eigenvalue weighted by Gasteiger charge is -2.12. The molecule has 1 rings (SSSR count). The van der Waals surface area contributed by atoms with Crippen LogP contribution in [0.3, 0.4) is 0 Å². The van der Waals surface area contributed by atoms with Crippen LogP contribution in [-0.2, 0) is 16.0 Å². The lowest BCUT2D eigenvalue weighted by molar-refractivity contribution is -0.133. The molecule has 0 aromatic heterocycles. The Morgan fingerprint density at radius 1 is 1.29 bits per heavy atom. The third kappa shape index (κ3) is 2.96. The maximum absolute atomic E-state index is 11.8. The monoisotopic (exact) mass is 232 g/mol. The predicted molar refractivity (Wildman–Crippen MR) is 70.8 cm³/mol. The number of esters is 1. The molecule has 0 fully saturated rings. The summed E-state index contributed by atoms with van der Waals surface area (Å²) in [5.41, 5.74) is 5.01. The average Bonchev–Trinajstić information content (AvgIpc) is 2.30. The zero-order valence-electron chi connectivity index (χ0n) is 11.3. The van der Waals surface area contributed by atoms with Crippen LogP contribution in [0.25, 0.3) is 5.57 Å². The number of benzene rings is 1. The maximum atomic E-state index is 11.8. The van der Waals surface area contributed by atoms with E-state index in [2.05, 4.69) is 19.1 Å². The molecule has 1 aromatic carbocycles. The van der Waals surface area contributed by atoms with E-state index in [1.54, 1.807) is 0 Å². The number of carbonyl (C=O) groups is 1. The first-order chi connectivity index (χ1) is 8.01. The second-order valence-corrected chi connectivity index (χ2v) is 4.37. The van der Waals surface area contributed by atoms with E-state index in [-0.39, 0.29) is 5.97 Å². The summed E-state index contributed by atoms with van der Waals surface area (Å²) in [5.74, 6) is -0.266. The highest BCUT2D eigenvalue weighted by molar-refractivity contribution is 6.17. The highest BCUT2D eigenvalue weighted by Gasteiger charge is 2.16. The molecule has 0 heterocycles. The van der Waals surface area contributed by atoms with Crippen molar-refractivity contribution in [1.82, 2.24) is 0 Å². The Labute approximate surface area is 103 Å². The molecule has 0 atom stereocenters. The molecule has 0 N–H and O–H groups in total. The number of rotatable bonds is 3. The Hall–Kier alpha value is -1.57. The van der Waals surface area contributed by atoms with Gasteiger partial charge in [-0.3, -0.25) is 0 Å². The summed E-state index contributed by atoms with van der Waals surface area (Å²) in [4.78, 5) is 11.8. The normalized spacial score (nSPS) is 9.94. The van der Waals surface area contributed by atoms with Crippen LogP contribution in [0.2, 0.25) is 0 Å². The van der Waals surface area contributed by atoms with Crippen molar-refractivity contribution in [3.8, 4) is 0 Å². The van der Waals surface area contributed by atoms with Crippen molar-refractivity contribution < 1.29 is 9.53 Å². The second-order valence-electron chi connectivity index (χ2n) is 4.37. The fraction of sp³-hybridized carbons (Fsp3) is 0.400. The van der Waals surface area contributed by atoms with E-state index in [0.717, 1.165) is 23.1 Å². The molecule has 0 radical (unpaired) electrons. The quantitative estimate of drug-likeness (QED) is 0.588. The first kappa shape index (κ1) is 13.5. The molecule has 92 valence electrons. The van der Waals surface area contributed by atoms with Crippen molar-refractivity contribution in [3.05, 3.63) is 40.5 Å². The summed E-state index contributed by atoms with van der Waals surface area (Å²) in [6.07, 6.45) is 1.00. The fourth-order valence-electron chi connectivity index (χ4n) is 1.91. The van der Waals surface area contributed by atoms with E-state index < -0.39 is 0 Å². The molecule has 0 aliphatic rings. The minimum atomic E-state index is -0.266. The number of ether oxygens (including phenoxy) is 1. The fourth-order valence-corrected chi connectivity index (χ4v) is 1.91. The smallest absolute Gasteiger partial charge is 0.338 e. The van der Waals surface area contributed by atoms with Gasteiger partial charge in [-0.25, -0.2) is 4.79 Å². The standard InChI is InChI=1S/C15H20O2/c1-6-12-7-8-13(11(4)9-12)14(10(2)3)15(16)17-5/h7-9H,6H2,1-5H3. The summed E-state index contributed by atoms with van der Waals surface area (Å²) >= 11 is 0. The van der Waals surface area contributed by atoms with Gasteiger partial charge in [0, 0.05) is 0 Å². The molecule has 2 nitrogen and oxygen atoms in total. The van der Waals surface area contributed by atoms with Gasteiger partial charge in [0.15, 0.2) is 0 Å². The van der Waals surface area contributed by atoms with Gasteiger partial charge in [0.05, 0.1) is 12.7 Å². The number of carbonyl (C=O) groups excluding carboxylic acids is 1. The molecular formula is C15H20O2. The Bertz CT molecular complexity index is 452. The molecule has 17 heavy (non-hydrogen) atoms. The largest absolute Gasteiger partial charge is 0.465 e. The van der Waals surface area contributed by atoms with E-state index in [1.165, 1.54) is 12.7 Å². The van der Waals surface area contributed by atoms with Gasteiger partial charge in [-0.15, -0.1) is 0 Å². The van der Waals surface area contributed by atoms with Gasteiger partial charge in [0.1, 0.15) is 0 Å². The minimum Gasteiger partial charge on any atom is -0.465 e. The van der Waals surface area contributed by atoms with Crippen molar-refractivity contribution in [2.24, 2.45) is 0 Å². The molecule has 0 aliphatic carbocycles. The molecule has 0 amide bonds. The van der Waals surface area contributed by atoms with Gasteiger partial charge in [0.2, 0.25) is 0 Å². The van der Waals surface area contributed by atoms with E-state index >= 15 is 0 Å². The summed E-state index contributed by atoms with van der Waals surface area (Å²) < 4.78 is 4.84. The van der Waals surface area contributed by atoms with E-state index in [1.807, 2.05) is 26.8 Å². The Morgan fingerprint density at radius 3 is 2.35 bits per heavy atom. The summed E-state index contributed by atoms with van der Waals surface area (Å²) in [6.45, 7) is 8.01. The Balaban J connectivity index is 3.31. The third-order valence-corrected chi connectivity index (χ3v) is 2.86. The van der Waals surface area contributed by atoms with Gasteiger partial charge in [0.25, 0.3) is 0 Å². The molecule has 0 spiro atoms. The number of aryl methyl sites for hydroxylation is 2. The van der Waals surface area contributed by atoms with Crippen molar-refractivity contribution >= 4 is 11.5 Å². The first-order valence-electron chi connectivity index (χ1n) is 5.87.